The lowest BCUT2D eigenvalue weighted by molar-refractivity contribution is -0.153. The van der Waals surface area contributed by atoms with Gasteiger partial charge in [0.1, 0.15) is 22.6 Å². The third-order valence-electron chi connectivity index (χ3n) is 8.86. The number of hydrogen-bond donors (Lipinski definition) is 4. The fourth-order valence-electron chi connectivity index (χ4n) is 6.90. The quantitative estimate of drug-likeness (QED) is 0.341. The lowest BCUT2D eigenvalue weighted by Crippen LogP contribution is -2.65. The van der Waals surface area contributed by atoms with Crippen molar-refractivity contribution in [3.05, 3.63) is 63.9 Å². The largest absolute Gasteiger partial charge is 0.508 e. The minimum absolute atomic E-state index is 0.0711. The number of primary amides is 1. The van der Waals surface area contributed by atoms with Crippen molar-refractivity contribution in [2.75, 3.05) is 33.1 Å². The van der Waals surface area contributed by atoms with Gasteiger partial charge in [-0.3, -0.25) is 19.3 Å². The molecule has 6 rings (SSSR count). The van der Waals surface area contributed by atoms with E-state index >= 15 is 0 Å². The molecule has 1 saturated carbocycles. The molecule has 42 heavy (non-hydrogen) atoms. The molecule has 218 valence electrons. The highest BCUT2D eigenvalue weighted by Gasteiger charge is 2.64. The Balaban J connectivity index is 1.60. The number of aliphatic hydroxyl groups is 3. The van der Waals surface area contributed by atoms with E-state index in [0.717, 1.165) is 22.4 Å². The number of ketones is 2. The van der Waals surface area contributed by atoms with E-state index in [-0.39, 0.29) is 23.1 Å². The summed E-state index contributed by atoms with van der Waals surface area (Å²) in [6.45, 7) is 1.97. The van der Waals surface area contributed by atoms with E-state index in [1.165, 1.54) is 4.90 Å². The number of benzene rings is 2. The number of aromatic nitrogens is 1. The van der Waals surface area contributed by atoms with Crippen LogP contribution in [0.1, 0.15) is 23.1 Å². The molecule has 3 aromatic rings. The van der Waals surface area contributed by atoms with Gasteiger partial charge in [-0.15, -0.1) is 0 Å². The summed E-state index contributed by atoms with van der Waals surface area (Å²) in [4.78, 5) is 47.8. The second-order valence-electron chi connectivity index (χ2n) is 11.8. The molecule has 11 nitrogen and oxygen atoms in total. The first-order chi connectivity index (χ1) is 19.8. The van der Waals surface area contributed by atoms with Crippen molar-refractivity contribution in [1.29, 1.82) is 0 Å². The van der Waals surface area contributed by atoms with Gasteiger partial charge in [-0.2, -0.15) is 0 Å². The number of anilines is 1. The van der Waals surface area contributed by atoms with Crippen molar-refractivity contribution < 1.29 is 34.1 Å². The Kier molecular flexibility index (Phi) is 6.11. The van der Waals surface area contributed by atoms with Crippen LogP contribution >= 0.6 is 0 Å². The number of aryl methyl sites for hydroxylation is 1. The molecular formula is C31H32N4O7. The normalized spacial score (nSPS) is 25.5. The first kappa shape index (κ1) is 27.7. The first-order valence-electron chi connectivity index (χ1n) is 13.6. The summed E-state index contributed by atoms with van der Waals surface area (Å²) in [6.07, 6.45) is 0.361. The van der Waals surface area contributed by atoms with Crippen LogP contribution in [0.25, 0.3) is 28.3 Å². The van der Waals surface area contributed by atoms with Crippen LogP contribution in [-0.2, 0) is 20.8 Å². The molecule has 1 fully saturated rings. The molecule has 1 aromatic heterocycles. The second-order valence-corrected chi connectivity index (χ2v) is 11.8. The fraction of sp³-hybridized carbons (Fsp3) is 0.355. The van der Waals surface area contributed by atoms with Crippen molar-refractivity contribution in [2.24, 2.45) is 17.6 Å². The van der Waals surface area contributed by atoms with Crippen molar-refractivity contribution in [2.45, 2.75) is 31.4 Å². The SMILES string of the molecule is Cc1ccc(-c2nc3cc(N(C)C)c4c(c3o2)C(O)=C2C(=O)[C@]3(O)C(O)=C(C(N)=O)C(=O)[C@@H](N(C)C)[C@@H]3C[C@@H]2C4)cc1. The summed E-state index contributed by atoms with van der Waals surface area (Å²) >= 11 is 0. The van der Waals surface area contributed by atoms with Gasteiger partial charge in [-0.25, -0.2) is 4.98 Å². The van der Waals surface area contributed by atoms with Gasteiger partial charge in [-0.05, 0) is 63.5 Å². The van der Waals surface area contributed by atoms with Crippen molar-refractivity contribution in [1.82, 2.24) is 9.88 Å². The van der Waals surface area contributed by atoms with E-state index in [0.29, 0.717) is 17.8 Å². The molecule has 0 unspecified atom stereocenters. The third kappa shape index (κ3) is 3.66. The van der Waals surface area contributed by atoms with Crippen molar-refractivity contribution >= 4 is 40.0 Å². The number of carbonyl (C=O) groups excluding carboxylic acids is 3. The Morgan fingerprint density at radius 3 is 2.38 bits per heavy atom. The molecule has 0 aliphatic heterocycles. The highest BCUT2D eigenvalue weighted by Crippen LogP contribution is 2.53. The standard InChI is InChI=1S/C31H32N4O7/c1-13-6-8-14(9-7-13)30-33-18-12-19(34(2)3)16-10-15-11-17-23(35(4)5)25(37)22(29(32)40)28(39)31(17,41)27(38)20(15)24(36)21(16)26(18)42-30/h6-9,12,15,17,23,36,39,41H,10-11H2,1-5H3,(H2,32,40)/t15-,17-,23-,31-/m0/s1. The monoisotopic (exact) mass is 572 g/mol. The van der Waals surface area contributed by atoms with Gasteiger partial charge in [0.2, 0.25) is 11.7 Å². The van der Waals surface area contributed by atoms with Crippen LogP contribution in [0, 0.1) is 18.8 Å². The molecule has 0 radical (unpaired) electrons. The van der Waals surface area contributed by atoms with Crippen LogP contribution in [0.5, 0.6) is 0 Å². The van der Waals surface area contributed by atoms with Crippen LogP contribution in [0.4, 0.5) is 5.69 Å². The maximum Gasteiger partial charge on any atom is 0.255 e. The summed E-state index contributed by atoms with van der Waals surface area (Å²) in [5, 5.41) is 34.8. The third-order valence-corrected chi connectivity index (χ3v) is 8.86. The van der Waals surface area contributed by atoms with E-state index in [1.54, 1.807) is 14.1 Å². The zero-order valence-corrected chi connectivity index (χ0v) is 23.9. The summed E-state index contributed by atoms with van der Waals surface area (Å²) in [5.74, 6) is -5.82. The Morgan fingerprint density at radius 2 is 1.79 bits per heavy atom. The molecule has 0 saturated heterocycles. The van der Waals surface area contributed by atoms with Gasteiger partial charge in [0.25, 0.3) is 5.91 Å². The zero-order chi connectivity index (χ0) is 30.4. The first-order valence-corrected chi connectivity index (χ1v) is 13.6. The van der Waals surface area contributed by atoms with Gasteiger partial charge in [0, 0.05) is 36.8 Å². The minimum atomic E-state index is -2.64. The van der Waals surface area contributed by atoms with E-state index in [1.807, 2.05) is 56.3 Å². The molecule has 4 atom stereocenters. The maximum atomic E-state index is 14.2. The van der Waals surface area contributed by atoms with Crippen molar-refractivity contribution in [3.8, 4) is 11.5 Å². The molecule has 3 aliphatic carbocycles. The number of carbonyl (C=O) groups is 3. The lowest BCUT2D eigenvalue weighted by Gasteiger charge is -2.50. The molecule has 1 heterocycles. The number of nitrogens with zero attached hydrogens (tertiary/aromatic N) is 3. The Bertz CT molecular complexity index is 1770. The topological polar surface area (TPSA) is 170 Å². The Hall–Kier alpha value is -4.48. The van der Waals surface area contributed by atoms with Crippen LogP contribution in [0.2, 0.25) is 0 Å². The number of fused-ring (bicyclic) bond motifs is 5. The van der Waals surface area contributed by atoms with Gasteiger partial charge < -0.3 is 30.4 Å². The van der Waals surface area contributed by atoms with Crippen LogP contribution in [-0.4, -0.2) is 82.5 Å². The molecule has 11 heteroatoms. The van der Waals surface area contributed by atoms with E-state index in [9.17, 15) is 29.7 Å². The molecule has 5 N–H and O–H groups in total. The second kappa shape index (κ2) is 9.27. The molecular weight excluding hydrogens is 540 g/mol. The van der Waals surface area contributed by atoms with E-state index in [2.05, 4.69) is 4.98 Å². The lowest BCUT2D eigenvalue weighted by atomic mass is 9.57. The van der Waals surface area contributed by atoms with Crippen LogP contribution < -0.4 is 10.6 Å². The number of Topliss-reactive ketones (excluding diaryl/α,β-unsaturated/α-hetero) is 2. The number of oxazole rings is 1. The highest BCUT2D eigenvalue weighted by atomic mass is 16.4. The minimum Gasteiger partial charge on any atom is -0.508 e. The fourth-order valence-corrected chi connectivity index (χ4v) is 6.90. The summed E-state index contributed by atoms with van der Waals surface area (Å²) in [6, 6.07) is 8.39. The van der Waals surface area contributed by atoms with Crippen LogP contribution in [0.15, 0.2) is 51.7 Å². The van der Waals surface area contributed by atoms with Gasteiger partial charge in [0.05, 0.1) is 11.6 Å². The summed E-state index contributed by atoms with van der Waals surface area (Å²) in [5.41, 5.74) is 6.18. The summed E-state index contributed by atoms with van der Waals surface area (Å²) < 4.78 is 6.21. The predicted octanol–water partition coefficient (Wildman–Crippen LogP) is 2.44. The van der Waals surface area contributed by atoms with E-state index < -0.39 is 58.0 Å². The molecule has 0 spiro atoms. The Morgan fingerprint density at radius 1 is 1.12 bits per heavy atom. The van der Waals surface area contributed by atoms with E-state index in [4.69, 9.17) is 10.2 Å². The van der Waals surface area contributed by atoms with Gasteiger partial charge in [0.15, 0.2) is 17.0 Å². The molecule has 0 bridgehead atoms. The van der Waals surface area contributed by atoms with Gasteiger partial charge in [-0.1, -0.05) is 17.7 Å². The predicted molar refractivity (Wildman–Crippen MR) is 155 cm³/mol. The Labute approximate surface area is 241 Å². The molecule has 2 aromatic carbocycles. The number of likely N-dealkylation sites (N-methyl/N-ethyl adjacent to an activating group) is 1. The average Bonchev–Trinajstić information content (AvgIpc) is 3.34. The van der Waals surface area contributed by atoms with Gasteiger partial charge >= 0.3 is 0 Å². The number of aliphatic hydroxyl groups excluding tert-OH is 2. The number of nitrogens with two attached hydrogens (primary N) is 1. The maximum absolute atomic E-state index is 14.2. The number of hydrogen-bond acceptors (Lipinski definition) is 10. The van der Waals surface area contributed by atoms with Crippen LogP contribution in [0.3, 0.4) is 0 Å². The molecule has 3 aliphatic rings. The number of rotatable bonds is 4. The van der Waals surface area contributed by atoms with Crippen molar-refractivity contribution in [3.63, 3.8) is 0 Å². The summed E-state index contributed by atoms with van der Waals surface area (Å²) in [7, 11) is 6.90. The average molecular weight is 573 g/mol. The smallest absolute Gasteiger partial charge is 0.255 e. The zero-order valence-electron chi connectivity index (χ0n) is 23.9. The number of amides is 1. The molecule has 1 amide bonds. The highest BCUT2D eigenvalue weighted by molar-refractivity contribution is 6.24.